The lowest BCUT2D eigenvalue weighted by Crippen LogP contribution is -2.42. The first-order valence-electron chi connectivity index (χ1n) is 10.4. The van der Waals surface area contributed by atoms with E-state index in [0.29, 0.717) is 12.8 Å². The van der Waals surface area contributed by atoms with Crippen LogP contribution in [-0.2, 0) is 34.3 Å². The summed E-state index contributed by atoms with van der Waals surface area (Å²) in [4.78, 5) is 24.0. The molecule has 2 aromatic rings. The summed E-state index contributed by atoms with van der Waals surface area (Å²) in [5, 5.41) is 1.43. The summed E-state index contributed by atoms with van der Waals surface area (Å²) < 4.78 is 64.8. The molecule has 0 aliphatic heterocycles. The standard InChI is InChI=1S/C21H28N2O8S3/c1-4-31-20(24)17(23-34(28,29)18-12-14-32-19(18)21(25)30-3)7-5-6-13-22-33(26,27)16-10-8-15(2)9-11-16/h8-12,14,17,22-23H,4-7,13H2,1-3H3. The van der Waals surface area contributed by atoms with E-state index in [1.54, 1.807) is 19.1 Å². The van der Waals surface area contributed by atoms with Crippen molar-refractivity contribution in [3.8, 4) is 0 Å². The van der Waals surface area contributed by atoms with Crippen LogP contribution in [-0.4, -0.2) is 55.1 Å². The molecule has 0 amide bonds. The number of unbranched alkanes of at least 4 members (excludes halogenated alkanes) is 1. The summed E-state index contributed by atoms with van der Waals surface area (Å²) >= 11 is 0.905. The predicted octanol–water partition coefficient (Wildman–Crippen LogP) is 2.20. The SMILES string of the molecule is CCOC(=O)C(CCCCNS(=O)(=O)c1ccc(C)cc1)NS(=O)(=O)c1ccsc1C(=O)OC. The lowest BCUT2D eigenvalue weighted by atomic mass is 10.1. The van der Waals surface area contributed by atoms with E-state index in [0.717, 1.165) is 24.0 Å². The van der Waals surface area contributed by atoms with Gasteiger partial charge in [-0.3, -0.25) is 4.79 Å². The number of aryl methyl sites for hydroxylation is 1. The molecule has 0 saturated carbocycles. The number of esters is 2. The lowest BCUT2D eigenvalue weighted by molar-refractivity contribution is -0.145. The molecule has 10 nitrogen and oxygen atoms in total. The number of sulfonamides is 2. The number of carbonyl (C=O) groups excluding carboxylic acids is 2. The Bertz CT molecular complexity index is 1190. The summed E-state index contributed by atoms with van der Waals surface area (Å²) in [6.45, 7) is 3.61. The molecule has 1 unspecified atom stereocenters. The van der Waals surface area contributed by atoms with Crippen molar-refractivity contribution in [2.24, 2.45) is 0 Å². The molecule has 0 spiro atoms. The molecule has 1 aromatic heterocycles. The van der Waals surface area contributed by atoms with Crippen molar-refractivity contribution in [2.45, 2.75) is 48.9 Å². The zero-order valence-corrected chi connectivity index (χ0v) is 21.5. The molecule has 0 bridgehead atoms. The molecule has 2 rings (SSSR count). The molecule has 1 heterocycles. The maximum Gasteiger partial charge on any atom is 0.349 e. The van der Waals surface area contributed by atoms with Crippen LogP contribution in [0.15, 0.2) is 45.5 Å². The Morgan fingerprint density at radius 3 is 2.32 bits per heavy atom. The van der Waals surface area contributed by atoms with Crippen LogP contribution in [0.3, 0.4) is 0 Å². The van der Waals surface area contributed by atoms with E-state index >= 15 is 0 Å². The van der Waals surface area contributed by atoms with Crippen LogP contribution in [0.1, 0.15) is 41.4 Å². The number of carbonyl (C=O) groups is 2. The van der Waals surface area contributed by atoms with Gasteiger partial charge in [-0.15, -0.1) is 11.3 Å². The molecule has 2 N–H and O–H groups in total. The Kier molecular flexibility index (Phi) is 10.2. The molecular formula is C21H28N2O8S3. The van der Waals surface area contributed by atoms with Gasteiger partial charge in [-0.05, 0) is 56.7 Å². The largest absolute Gasteiger partial charge is 0.465 e. The normalized spacial score (nSPS) is 12.8. The number of hydrogen-bond donors (Lipinski definition) is 2. The zero-order valence-electron chi connectivity index (χ0n) is 19.1. The molecule has 0 radical (unpaired) electrons. The molecule has 34 heavy (non-hydrogen) atoms. The highest BCUT2D eigenvalue weighted by molar-refractivity contribution is 7.90. The number of methoxy groups -OCH3 is 1. The van der Waals surface area contributed by atoms with Crippen molar-refractivity contribution in [3.63, 3.8) is 0 Å². The summed E-state index contributed by atoms with van der Waals surface area (Å²) in [5.41, 5.74) is 0.938. The highest BCUT2D eigenvalue weighted by Crippen LogP contribution is 2.23. The van der Waals surface area contributed by atoms with Gasteiger partial charge in [-0.2, -0.15) is 4.72 Å². The molecule has 0 saturated heterocycles. The van der Waals surface area contributed by atoms with Crippen LogP contribution in [0.2, 0.25) is 0 Å². The Balaban J connectivity index is 2.00. The quantitative estimate of drug-likeness (QED) is 0.295. The summed E-state index contributed by atoms with van der Waals surface area (Å²) in [6, 6.07) is 6.46. The number of rotatable bonds is 13. The highest BCUT2D eigenvalue weighted by atomic mass is 32.2. The van der Waals surface area contributed by atoms with Crippen LogP contribution in [0.5, 0.6) is 0 Å². The number of benzene rings is 1. The van der Waals surface area contributed by atoms with E-state index in [4.69, 9.17) is 4.74 Å². The van der Waals surface area contributed by atoms with Gasteiger partial charge in [0.15, 0.2) is 0 Å². The van der Waals surface area contributed by atoms with E-state index in [1.165, 1.54) is 23.6 Å². The minimum atomic E-state index is -4.22. The molecule has 1 atom stereocenters. The highest BCUT2D eigenvalue weighted by Gasteiger charge is 2.30. The van der Waals surface area contributed by atoms with Crippen molar-refractivity contribution in [3.05, 3.63) is 46.2 Å². The van der Waals surface area contributed by atoms with Crippen molar-refractivity contribution >= 4 is 43.3 Å². The van der Waals surface area contributed by atoms with Crippen molar-refractivity contribution in [2.75, 3.05) is 20.3 Å². The third-order valence-corrected chi connectivity index (χ3v) is 8.72. The average molecular weight is 533 g/mol. The average Bonchev–Trinajstić information content (AvgIpc) is 3.29. The van der Waals surface area contributed by atoms with Crippen LogP contribution in [0.4, 0.5) is 0 Å². The van der Waals surface area contributed by atoms with Gasteiger partial charge in [0.25, 0.3) is 0 Å². The van der Waals surface area contributed by atoms with Crippen LogP contribution < -0.4 is 9.44 Å². The topological polar surface area (TPSA) is 145 Å². The van der Waals surface area contributed by atoms with Crippen LogP contribution >= 0.6 is 11.3 Å². The van der Waals surface area contributed by atoms with Gasteiger partial charge in [0.05, 0.1) is 18.6 Å². The van der Waals surface area contributed by atoms with Crippen LogP contribution in [0, 0.1) is 6.92 Å². The maximum atomic E-state index is 12.8. The molecule has 0 aliphatic rings. The zero-order chi connectivity index (χ0) is 25.4. The molecule has 1 aromatic carbocycles. The molecule has 188 valence electrons. The number of thiophene rings is 1. The van der Waals surface area contributed by atoms with E-state index in [9.17, 15) is 26.4 Å². The monoisotopic (exact) mass is 532 g/mol. The van der Waals surface area contributed by atoms with Gasteiger partial charge in [0, 0.05) is 6.54 Å². The van der Waals surface area contributed by atoms with Gasteiger partial charge >= 0.3 is 11.9 Å². The Morgan fingerprint density at radius 1 is 1.03 bits per heavy atom. The second kappa shape index (κ2) is 12.4. The Hall–Kier alpha value is -2.32. The second-order valence-corrected chi connectivity index (χ2v) is 11.6. The summed E-state index contributed by atoms with van der Waals surface area (Å²) in [7, 11) is -6.76. The summed E-state index contributed by atoms with van der Waals surface area (Å²) in [5.74, 6) is -1.56. The minimum absolute atomic E-state index is 0.0548. The van der Waals surface area contributed by atoms with Crippen molar-refractivity contribution < 1.29 is 35.9 Å². The Morgan fingerprint density at radius 2 is 1.71 bits per heavy atom. The first kappa shape index (κ1) is 27.9. The van der Waals surface area contributed by atoms with Crippen LogP contribution in [0.25, 0.3) is 0 Å². The van der Waals surface area contributed by atoms with Gasteiger partial charge in [-0.1, -0.05) is 17.7 Å². The first-order chi connectivity index (χ1) is 16.0. The maximum absolute atomic E-state index is 12.8. The predicted molar refractivity (Wildman–Crippen MR) is 127 cm³/mol. The van der Waals surface area contributed by atoms with E-state index in [2.05, 4.69) is 14.2 Å². The second-order valence-electron chi connectivity index (χ2n) is 7.24. The number of ether oxygens (including phenoxy) is 2. The molecule has 0 fully saturated rings. The fourth-order valence-corrected chi connectivity index (χ4v) is 6.58. The smallest absolute Gasteiger partial charge is 0.349 e. The van der Waals surface area contributed by atoms with Gasteiger partial charge in [0.2, 0.25) is 20.0 Å². The fourth-order valence-electron chi connectivity index (χ4n) is 2.95. The lowest BCUT2D eigenvalue weighted by Gasteiger charge is -2.17. The van der Waals surface area contributed by atoms with Crippen molar-refractivity contribution in [1.29, 1.82) is 0 Å². The van der Waals surface area contributed by atoms with Gasteiger partial charge in [0.1, 0.15) is 15.8 Å². The third kappa shape index (κ3) is 7.60. The first-order valence-corrected chi connectivity index (χ1v) is 14.3. The molecule has 13 heteroatoms. The summed E-state index contributed by atoms with van der Waals surface area (Å²) in [6.07, 6.45) is 0.756. The number of nitrogens with one attached hydrogen (secondary N) is 2. The van der Waals surface area contributed by atoms with Crippen molar-refractivity contribution in [1.82, 2.24) is 9.44 Å². The van der Waals surface area contributed by atoms with E-state index < -0.39 is 38.0 Å². The molecule has 0 aliphatic carbocycles. The fraction of sp³-hybridized carbons (Fsp3) is 0.429. The van der Waals surface area contributed by atoms with E-state index in [-0.39, 0.29) is 34.2 Å². The van der Waals surface area contributed by atoms with E-state index in [1.807, 2.05) is 6.92 Å². The Labute approximate surface area is 203 Å². The minimum Gasteiger partial charge on any atom is -0.465 e. The van der Waals surface area contributed by atoms with Gasteiger partial charge < -0.3 is 9.47 Å². The van der Waals surface area contributed by atoms with Gasteiger partial charge in [-0.25, -0.2) is 26.4 Å². The molecular weight excluding hydrogens is 504 g/mol. The third-order valence-electron chi connectivity index (χ3n) is 4.70. The number of hydrogen-bond acceptors (Lipinski definition) is 9.